The Morgan fingerprint density at radius 3 is 1.04 bits per heavy atom. The first-order chi connectivity index (χ1) is 21.6. The molecule has 256 valence electrons. The molecule has 5 aliphatic heterocycles. The molecule has 0 aromatic rings. The number of rotatable bonds is 1. The van der Waals surface area contributed by atoms with Gasteiger partial charge in [0, 0.05) is 29.3 Å². The Morgan fingerprint density at radius 2 is 0.711 bits per heavy atom. The maximum Gasteiger partial charge on any atom is 0.302 e. The van der Waals surface area contributed by atoms with Crippen LogP contribution in [-0.2, 0) is 26.0 Å². The molecule has 11 heteroatoms. The van der Waals surface area contributed by atoms with Gasteiger partial charge in [-0.2, -0.15) is 0 Å². The van der Waals surface area contributed by atoms with Gasteiger partial charge in [-0.15, -0.1) is 0 Å². The fourth-order valence-electron chi connectivity index (χ4n) is 12.3. The van der Waals surface area contributed by atoms with Crippen LogP contribution in [0.5, 0.6) is 0 Å². The van der Waals surface area contributed by atoms with Gasteiger partial charge in [0.1, 0.15) is 6.10 Å². The van der Waals surface area contributed by atoms with Crippen molar-refractivity contribution in [1.29, 1.82) is 0 Å². The van der Waals surface area contributed by atoms with Crippen LogP contribution in [0.1, 0.15) is 103 Å². The van der Waals surface area contributed by atoms with Gasteiger partial charge in [-0.3, -0.25) is 47.3 Å². The van der Waals surface area contributed by atoms with Gasteiger partial charge >= 0.3 is 5.97 Å². The summed E-state index contributed by atoms with van der Waals surface area (Å²) in [6.45, 7) is 1.59. The normalized spacial score (nSPS) is 53.8. The van der Waals surface area contributed by atoms with Crippen LogP contribution in [0.25, 0.3) is 0 Å². The van der Waals surface area contributed by atoms with E-state index in [4.69, 9.17) is 4.74 Å². The van der Waals surface area contributed by atoms with Crippen molar-refractivity contribution in [2.75, 3.05) is 0 Å². The molecule has 8 bridgehead atoms. The summed E-state index contributed by atoms with van der Waals surface area (Å²) in [5, 5.41) is 33.4. The monoisotopic (exact) mass is 668 g/mol. The molecule has 5 saturated heterocycles. The minimum atomic E-state index is -0.139. The van der Waals surface area contributed by atoms with E-state index < -0.39 is 0 Å². The Bertz CT molecular complexity index is 1070. The number of esters is 1. The van der Waals surface area contributed by atoms with Crippen molar-refractivity contribution in [3.63, 3.8) is 0 Å². The van der Waals surface area contributed by atoms with E-state index in [0.29, 0.717) is 72.3 Å². The molecule has 5 heterocycles. The smallest absolute Gasteiger partial charge is 0.302 e. The minimum Gasteiger partial charge on any atom is -0.462 e. The largest absolute Gasteiger partial charge is 0.462 e. The van der Waals surface area contributed by atoms with Crippen LogP contribution in [-0.4, -0.2) is 61.4 Å². The number of fused-ring (bicyclic) bond motifs is 20. The molecule has 9 fully saturated rings. The second-order valence-corrected chi connectivity index (χ2v) is 16.3. The van der Waals surface area contributed by atoms with Crippen LogP contribution >= 0.6 is 0 Å². The fourth-order valence-corrected chi connectivity index (χ4v) is 12.3. The van der Waals surface area contributed by atoms with Crippen LogP contribution in [0.15, 0.2) is 0 Å². The number of ether oxygens (including phenoxy) is 1. The molecular weight excluding hydrogens is 611 g/mol. The zero-order valence-corrected chi connectivity index (χ0v) is 28.0. The van der Waals surface area contributed by atoms with Gasteiger partial charge in [0.2, 0.25) is 0 Å². The van der Waals surface area contributed by atoms with E-state index in [0.717, 1.165) is 12.8 Å². The van der Waals surface area contributed by atoms with Crippen LogP contribution in [0.2, 0.25) is 0 Å². The number of hydrogen-bond acceptors (Lipinski definition) is 10. The van der Waals surface area contributed by atoms with Crippen molar-refractivity contribution >= 4 is 5.97 Å². The average Bonchev–Trinajstić information content (AvgIpc) is 3.77. The summed E-state index contributed by atoms with van der Waals surface area (Å²) in [4.78, 5) is 12.3. The summed E-state index contributed by atoms with van der Waals surface area (Å²) in [6, 6.07) is 0. The molecule has 17 unspecified atom stereocenters. The van der Waals surface area contributed by atoms with E-state index in [1.165, 1.54) is 83.5 Å². The maximum atomic E-state index is 12.3. The molecule has 4 aliphatic carbocycles. The molecule has 45 heavy (non-hydrogen) atoms. The molecule has 10 nitrogen and oxygen atoms in total. The molecule has 0 amide bonds. The summed E-state index contributed by atoms with van der Waals surface area (Å²) in [6.07, 6.45) is 21.5. The Labute approximate surface area is 279 Å². The third-order valence-corrected chi connectivity index (χ3v) is 14.1. The predicted octanol–water partition coefficient (Wildman–Crippen LogP) is 2.14. The number of hydrogen-bond donors (Lipinski definition) is 8. The third kappa shape index (κ3) is 5.76. The Morgan fingerprint density at radius 1 is 0.422 bits per heavy atom. The van der Waals surface area contributed by atoms with Gasteiger partial charge in [-0.1, -0.05) is 38.5 Å². The summed E-state index contributed by atoms with van der Waals surface area (Å²) in [5.41, 5.74) is 0. The van der Waals surface area contributed by atoms with Gasteiger partial charge in [0.25, 0.3) is 0 Å². The van der Waals surface area contributed by atoms with Crippen LogP contribution in [0, 0.1) is 47.3 Å². The SMILES string of the molecule is CC(=O)OC1CCCC2C3NC4NC(NC5NC(NC6NC(NC(N3)C12)C1CCCCC61)C1CCCCC51)C1CCCCC41.[Ni]. The van der Waals surface area contributed by atoms with Crippen LogP contribution in [0.3, 0.4) is 0 Å². The standard InChI is InChI=1S/C34H58N8O2.Ni/c1-17(43)44-25-16-8-15-24-26(25)34-41-32-23-14-7-6-13-22(23)30(39-32)37-28-19-10-3-2-9-18(19)27(35-28)36-29-20-11-4-5-12-21(20)31(38-29)40-33(24)42-34;/h18-42H,2-16H2,1H3;. The first-order valence-corrected chi connectivity index (χ1v) is 18.9. The van der Waals surface area contributed by atoms with Gasteiger partial charge < -0.3 is 4.74 Å². The Hall–Kier alpha value is -0.356. The molecule has 8 N–H and O–H groups in total. The van der Waals surface area contributed by atoms with Crippen molar-refractivity contribution in [2.45, 2.75) is 159 Å². The number of carbonyl (C=O) groups is 1. The van der Waals surface area contributed by atoms with Crippen LogP contribution in [0.4, 0.5) is 0 Å². The predicted molar refractivity (Wildman–Crippen MR) is 168 cm³/mol. The van der Waals surface area contributed by atoms with E-state index in [2.05, 4.69) is 42.5 Å². The Balaban J connectivity index is 0.00000300. The van der Waals surface area contributed by atoms with Gasteiger partial charge in [0.15, 0.2) is 0 Å². The summed E-state index contributed by atoms with van der Waals surface area (Å²) < 4.78 is 6.08. The molecular formula is C34H58N8NiO2. The molecule has 9 rings (SSSR count). The maximum absolute atomic E-state index is 12.3. The van der Waals surface area contributed by atoms with Crippen molar-refractivity contribution in [3.05, 3.63) is 0 Å². The number of nitrogens with one attached hydrogen (secondary N) is 8. The topological polar surface area (TPSA) is 123 Å². The van der Waals surface area contributed by atoms with E-state index in [9.17, 15) is 4.79 Å². The zero-order valence-electron chi connectivity index (χ0n) is 27.1. The van der Waals surface area contributed by atoms with Gasteiger partial charge in [-0.05, 0) is 99.2 Å². The number of carbonyl (C=O) groups excluding carboxylic acids is 1. The third-order valence-electron chi connectivity index (χ3n) is 14.1. The first-order valence-electron chi connectivity index (χ1n) is 18.9. The molecule has 9 aliphatic rings. The van der Waals surface area contributed by atoms with E-state index >= 15 is 0 Å². The summed E-state index contributed by atoms with van der Waals surface area (Å²) in [5.74, 6) is 4.55. The van der Waals surface area contributed by atoms with Crippen molar-refractivity contribution in [3.8, 4) is 0 Å². The van der Waals surface area contributed by atoms with E-state index in [1.807, 2.05) is 0 Å². The Kier molecular flexibility index (Phi) is 9.33. The molecule has 0 spiro atoms. The molecule has 17 atom stereocenters. The average molecular weight is 670 g/mol. The summed E-state index contributed by atoms with van der Waals surface area (Å²) in [7, 11) is 0. The second-order valence-electron chi connectivity index (χ2n) is 16.3. The fraction of sp³-hybridized carbons (Fsp3) is 0.971. The van der Waals surface area contributed by atoms with E-state index in [1.54, 1.807) is 6.92 Å². The molecule has 0 aromatic heterocycles. The van der Waals surface area contributed by atoms with Crippen molar-refractivity contribution in [1.82, 2.24) is 42.5 Å². The van der Waals surface area contributed by atoms with Crippen LogP contribution < -0.4 is 42.5 Å². The van der Waals surface area contributed by atoms with Gasteiger partial charge in [0.05, 0.1) is 49.3 Å². The summed E-state index contributed by atoms with van der Waals surface area (Å²) >= 11 is 0. The quantitative estimate of drug-likeness (QED) is 0.156. The molecule has 0 aromatic carbocycles. The minimum absolute atomic E-state index is 0. The zero-order chi connectivity index (χ0) is 29.4. The van der Waals surface area contributed by atoms with Crippen molar-refractivity contribution in [2.24, 2.45) is 47.3 Å². The second kappa shape index (κ2) is 13.2. The first kappa shape index (κ1) is 31.9. The van der Waals surface area contributed by atoms with Gasteiger partial charge in [-0.25, -0.2) is 0 Å². The van der Waals surface area contributed by atoms with Crippen molar-refractivity contribution < 1.29 is 26.0 Å². The van der Waals surface area contributed by atoms with E-state index in [-0.39, 0.29) is 53.0 Å². The molecule has 0 radical (unpaired) electrons. The molecule has 4 saturated carbocycles.